The maximum atomic E-state index is 2.38. The average Bonchev–Trinajstić information content (AvgIpc) is 2.97. The first kappa shape index (κ1) is 35.4. The van der Waals surface area contributed by atoms with Crippen LogP contribution in [0.25, 0.3) is 0 Å². The van der Waals surface area contributed by atoms with Crippen LogP contribution in [0.5, 0.6) is 0 Å². The molecule has 0 spiro atoms. The summed E-state index contributed by atoms with van der Waals surface area (Å²) in [5.41, 5.74) is 2.94. The highest BCUT2D eigenvalue weighted by Crippen LogP contribution is 2.68. The molecule has 2 atom stereocenters. The molecule has 0 aliphatic rings. The van der Waals surface area contributed by atoms with Gasteiger partial charge in [-0.3, -0.25) is 0 Å². The van der Waals surface area contributed by atoms with Gasteiger partial charge in [0.1, 0.15) is 6.82 Å². The fourth-order valence-corrected chi connectivity index (χ4v) is 14.9. The quantitative estimate of drug-likeness (QED) is 0.0841. The van der Waals surface area contributed by atoms with Crippen LogP contribution < -0.4 is 0 Å². The van der Waals surface area contributed by atoms with E-state index in [1.165, 1.54) is 99.7 Å². The molecule has 0 radical (unpaired) electrons. The number of benzene rings is 2. The van der Waals surface area contributed by atoms with Gasteiger partial charge in [-0.2, -0.15) is 0 Å². The van der Waals surface area contributed by atoms with E-state index < -0.39 is 0 Å². The highest BCUT2D eigenvalue weighted by atomic mass is 32.3. The van der Waals surface area contributed by atoms with Gasteiger partial charge in [0.15, 0.2) is 0 Å². The third-order valence-corrected chi connectivity index (χ3v) is 15.6. The zero-order valence-electron chi connectivity index (χ0n) is 25.1. The van der Waals surface area contributed by atoms with Crippen LogP contribution in [0.1, 0.15) is 116 Å². The van der Waals surface area contributed by atoms with Gasteiger partial charge in [-0.15, -0.1) is 47.0 Å². The number of hydrogen-bond donors (Lipinski definition) is 0. The van der Waals surface area contributed by atoms with Crippen molar-refractivity contribution >= 4 is 58.8 Å². The molecular weight excluding hydrogens is 569 g/mol. The number of thioether (sulfide) groups is 5. The van der Waals surface area contributed by atoms with E-state index in [0.29, 0.717) is 0 Å². The van der Waals surface area contributed by atoms with Gasteiger partial charge in [0.25, 0.3) is 0 Å². The predicted octanol–water partition coefficient (Wildman–Crippen LogP) is 13.0. The fourth-order valence-electron chi connectivity index (χ4n) is 4.67. The van der Waals surface area contributed by atoms with E-state index >= 15 is 0 Å². The van der Waals surface area contributed by atoms with Crippen molar-refractivity contribution in [3.05, 3.63) is 71.8 Å². The van der Waals surface area contributed by atoms with Crippen molar-refractivity contribution < 1.29 is 0 Å². The monoisotopic (exact) mass is 622 g/mol. The van der Waals surface area contributed by atoms with Crippen LogP contribution >= 0.6 is 58.8 Å². The predicted molar refractivity (Wildman–Crippen MR) is 192 cm³/mol. The molecule has 0 nitrogen and oxygen atoms in total. The lowest BCUT2D eigenvalue weighted by Crippen LogP contribution is -2.25. The van der Waals surface area contributed by atoms with Gasteiger partial charge in [-0.05, 0) is 47.0 Å². The average molecular weight is 623 g/mol. The summed E-state index contributed by atoms with van der Waals surface area (Å²) in [5, 5.41) is 0. The number of rotatable bonds is 24. The van der Waals surface area contributed by atoms with Gasteiger partial charge in [-0.1, -0.05) is 164 Å². The summed E-state index contributed by atoms with van der Waals surface area (Å²) in [7, 11) is 0. The maximum absolute atomic E-state index is 2.38. The summed E-state index contributed by atoms with van der Waals surface area (Å²) in [4.78, 5) is 0. The standard InChI is InChI=1S/C34H54S5/c1-5-9-11-13-15-23-29-37-33(35-7-3,31-25-19-17-20-26-31)39-34(36-8-4,32-27-21-18-22-28-32)38-30-24-16-14-12-10-6-2/h17-22,25-28H,5-16,23-24,29-30H2,1-4H3. The molecule has 0 fully saturated rings. The van der Waals surface area contributed by atoms with Crippen LogP contribution in [-0.4, -0.2) is 23.0 Å². The van der Waals surface area contributed by atoms with Crippen LogP contribution in [0, 0.1) is 0 Å². The van der Waals surface area contributed by atoms with Gasteiger partial charge in [0.2, 0.25) is 0 Å². The molecule has 0 bridgehead atoms. The smallest absolute Gasteiger partial charge is 0.129 e. The van der Waals surface area contributed by atoms with Crippen molar-refractivity contribution in [1.29, 1.82) is 0 Å². The second-order valence-electron chi connectivity index (χ2n) is 10.0. The van der Waals surface area contributed by atoms with E-state index in [4.69, 9.17) is 0 Å². The summed E-state index contributed by atoms with van der Waals surface area (Å²) >= 11 is 11.0. The van der Waals surface area contributed by atoms with Gasteiger partial charge < -0.3 is 0 Å². The molecule has 2 unspecified atom stereocenters. The van der Waals surface area contributed by atoms with Gasteiger partial charge in [-0.25, -0.2) is 0 Å². The second kappa shape index (κ2) is 21.8. The summed E-state index contributed by atoms with van der Waals surface area (Å²) < 4.78 is -0.0445. The van der Waals surface area contributed by atoms with Crippen LogP contribution in [0.15, 0.2) is 60.7 Å². The SMILES string of the molecule is CCCCCCCCSC(SCC)(SC(SCC)(SCCCCCCCC)c1ccccc1)c1ccccc1. The van der Waals surface area contributed by atoms with E-state index in [0.717, 1.165) is 11.5 Å². The minimum Gasteiger partial charge on any atom is -0.129 e. The lowest BCUT2D eigenvalue weighted by molar-refractivity contribution is 0.627. The van der Waals surface area contributed by atoms with Crippen LogP contribution in [-0.2, 0) is 6.82 Å². The van der Waals surface area contributed by atoms with Crippen LogP contribution in [0.3, 0.4) is 0 Å². The van der Waals surface area contributed by atoms with E-state index in [2.05, 4.69) is 147 Å². The number of unbranched alkanes of at least 4 members (excludes halogenated alkanes) is 10. The molecular formula is C34H54S5. The lowest BCUT2D eigenvalue weighted by atomic mass is 10.1. The minimum atomic E-state index is -0.0223. The summed E-state index contributed by atoms with van der Waals surface area (Å²) in [5.74, 6) is 4.69. The van der Waals surface area contributed by atoms with Crippen LogP contribution in [0.2, 0.25) is 0 Å². The Morgan fingerprint density at radius 1 is 0.436 bits per heavy atom. The van der Waals surface area contributed by atoms with Gasteiger partial charge >= 0.3 is 0 Å². The van der Waals surface area contributed by atoms with E-state index in [1.54, 1.807) is 0 Å². The Morgan fingerprint density at radius 3 is 1.15 bits per heavy atom. The van der Waals surface area contributed by atoms with Crippen molar-refractivity contribution in [2.45, 2.75) is 112 Å². The molecule has 5 heteroatoms. The topological polar surface area (TPSA) is 0 Å². The van der Waals surface area contributed by atoms with Crippen molar-refractivity contribution in [1.82, 2.24) is 0 Å². The molecule has 2 rings (SSSR count). The first-order chi connectivity index (χ1) is 19.2. The molecule has 220 valence electrons. The Kier molecular flexibility index (Phi) is 19.8. The molecule has 39 heavy (non-hydrogen) atoms. The summed E-state index contributed by atoms with van der Waals surface area (Å²) in [6, 6.07) is 22.9. The summed E-state index contributed by atoms with van der Waals surface area (Å²) in [6.45, 7) is 9.30. The van der Waals surface area contributed by atoms with E-state index in [1.807, 2.05) is 0 Å². The van der Waals surface area contributed by atoms with Crippen molar-refractivity contribution in [2.75, 3.05) is 23.0 Å². The molecule has 0 saturated heterocycles. The van der Waals surface area contributed by atoms with E-state index in [9.17, 15) is 0 Å². The lowest BCUT2D eigenvalue weighted by Gasteiger charge is -2.42. The van der Waals surface area contributed by atoms with Crippen molar-refractivity contribution in [2.24, 2.45) is 0 Å². The first-order valence-electron chi connectivity index (χ1n) is 15.5. The maximum Gasteiger partial charge on any atom is 0.134 e. The van der Waals surface area contributed by atoms with Gasteiger partial charge in [0, 0.05) is 0 Å². The Bertz CT molecular complexity index is 760. The Morgan fingerprint density at radius 2 is 0.795 bits per heavy atom. The molecule has 0 aliphatic heterocycles. The second-order valence-corrected chi connectivity index (χ2v) is 18.6. The molecule has 0 aromatic heterocycles. The van der Waals surface area contributed by atoms with Crippen molar-refractivity contribution in [3.8, 4) is 0 Å². The van der Waals surface area contributed by atoms with E-state index in [-0.39, 0.29) is 6.82 Å². The van der Waals surface area contributed by atoms with Crippen LogP contribution in [0.4, 0.5) is 0 Å². The fraction of sp³-hybridized carbons (Fsp3) is 0.647. The van der Waals surface area contributed by atoms with Gasteiger partial charge in [0.05, 0.1) is 0 Å². The molecule has 2 aromatic carbocycles. The normalized spacial score (nSPS) is 14.7. The summed E-state index contributed by atoms with van der Waals surface area (Å²) in [6.07, 6.45) is 16.3. The molecule has 0 aliphatic carbocycles. The minimum absolute atomic E-state index is 0.0223. The van der Waals surface area contributed by atoms with Crippen molar-refractivity contribution in [3.63, 3.8) is 0 Å². The highest BCUT2D eigenvalue weighted by Gasteiger charge is 2.45. The molecule has 0 heterocycles. The molecule has 0 amide bonds. The third-order valence-electron chi connectivity index (χ3n) is 6.77. The Balaban J connectivity index is 2.32. The third kappa shape index (κ3) is 12.9. The largest absolute Gasteiger partial charge is 0.134 e. The molecule has 2 aromatic rings. The zero-order valence-corrected chi connectivity index (χ0v) is 29.2. The highest BCUT2D eigenvalue weighted by molar-refractivity contribution is 8.41. The first-order valence-corrected chi connectivity index (χ1v) is 20.3. The molecule has 0 saturated carbocycles. The Hall–Kier alpha value is 0.190. The molecule has 0 N–H and O–H groups in total. The Labute approximate surface area is 263 Å². The number of hydrogen-bond acceptors (Lipinski definition) is 5. The zero-order chi connectivity index (χ0) is 28.1.